The highest BCUT2D eigenvalue weighted by Gasteiger charge is 2.23. The molecule has 0 aromatic rings. The molecule has 0 rings (SSSR count). The number of primary amides is 2. The summed E-state index contributed by atoms with van der Waals surface area (Å²) < 4.78 is 0. The van der Waals surface area contributed by atoms with Crippen LogP contribution in [0.3, 0.4) is 0 Å². The third-order valence-corrected chi connectivity index (χ3v) is 2.38. The molecule has 0 saturated heterocycles. The van der Waals surface area contributed by atoms with Crippen LogP contribution in [0.1, 0.15) is 45.4 Å². The highest BCUT2D eigenvalue weighted by atomic mass is 16.2. The van der Waals surface area contributed by atoms with Crippen LogP contribution < -0.4 is 16.8 Å². The minimum atomic E-state index is -1.40. The van der Waals surface area contributed by atoms with Crippen LogP contribution in [-0.2, 0) is 14.4 Å². The van der Waals surface area contributed by atoms with Gasteiger partial charge in [0.15, 0.2) is 6.04 Å². The molecule has 0 unspecified atom stereocenters. The smallest absolute Gasteiger partial charge is 0.249 e. The maximum absolute atomic E-state index is 11.4. The van der Waals surface area contributed by atoms with E-state index in [1.54, 1.807) is 0 Å². The number of unbranched alkanes of at least 4 members (excludes halogenated alkanes) is 4. The summed E-state index contributed by atoms with van der Waals surface area (Å²) in [6.07, 6.45) is 5.33. The Balaban J connectivity index is 3.83. The SMILES string of the molecule is CCCCCCCC(=O)NC(C(N)=O)C(N)=O. The van der Waals surface area contributed by atoms with Gasteiger partial charge in [-0.05, 0) is 6.42 Å². The molecule has 6 nitrogen and oxygen atoms in total. The molecule has 3 amide bonds. The molecule has 6 heteroatoms. The van der Waals surface area contributed by atoms with E-state index in [9.17, 15) is 14.4 Å². The predicted molar refractivity (Wildman–Crippen MR) is 63.7 cm³/mol. The van der Waals surface area contributed by atoms with Crippen molar-refractivity contribution in [1.29, 1.82) is 0 Å². The normalized spacial score (nSPS) is 10.2. The Hall–Kier alpha value is -1.59. The molecule has 5 N–H and O–H groups in total. The quantitative estimate of drug-likeness (QED) is 0.384. The van der Waals surface area contributed by atoms with Crippen molar-refractivity contribution in [3.63, 3.8) is 0 Å². The molecule has 0 bridgehead atoms. The molecule has 0 heterocycles. The van der Waals surface area contributed by atoms with E-state index in [-0.39, 0.29) is 12.3 Å². The summed E-state index contributed by atoms with van der Waals surface area (Å²) in [5.74, 6) is -2.24. The Morgan fingerprint density at radius 2 is 1.53 bits per heavy atom. The van der Waals surface area contributed by atoms with E-state index in [0.717, 1.165) is 32.1 Å². The lowest BCUT2D eigenvalue weighted by atomic mass is 10.1. The van der Waals surface area contributed by atoms with Crippen LogP contribution in [0.25, 0.3) is 0 Å². The van der Waals surface area contributed by atoms with Crippen LogP contribution in [0, 0.1) is 0 Å². The van der Waals surface area contributed by atoms with Crippen molar-refractivity contribution in [1.82, 2.24) is 5.32 Å². The van der Waals surface area contributed by atoms with Gasteiger partial charge in [-0.25, -0.2) is 0 Å². The molecule has 0 saturated carbocycles. The largest absolute Gasteiger partial charge is 0.367 e. The Morgan fingerprint density at radius 1 is 1.00 bits per heavy atom. The van der Waals surface area contributed by atoms with Crippen molar-refractivity contribution in [2.75, 3.05) is 0 Å². The third-order valence-electron chi connectivity index (χ3n) is 2.38. The fourth-order valence-electron chi connectivity index (χ4n) is 1.40. The average molecular weight is 243 g/mol. The van der Waals surface area contributed by atoms with Crippen molar-refractivity contribution in [3.8, 4) is 0 Å². The molecule has 0 radical (unpaired) electrons. The van der Waals surface area contributed by atoms with Gasteiger partial charge >= 0.3 is 0 Å². The zero-order valence-electron chi connectivity index (χ0n) is 10.2. The standard InChI is InChI=1S/C11H21N3O3/c1-2-3-4-5-6-7-8(15)14-9(10(12)16)11(13)17/h9H,2-7H2,1H3,(H2,12,16)(H2,13,17)(H,14,15). The van der Waals surface area contributed by atoms with Gasteiger partial charge in [0.05, 0.1) is 0 Å². The molecule has 0 aromatic heterocycles. The number of hydrogen-bond donors (Lipinski definition) is 3. The highest BCUT2D eigenvalue weighted by molar-refractivity contribution is 6.05. The van der Waals surface area contributed by atoms with Crippen LogP contribution in [0.2, 0.25) is 0 Å². The van der Waals surface area contributed by atoms with E-state index in [1.165, 1.54) is 0 Å². The fourth-order valence-corrected chi connectivity index (χ4v) is 1.40. The molecule has 0 aliphatic carbocycles. The molecule has 17 heavy (non-hydrogen) atoms. The maximum atomic E-state index is 11.4. The zero-order valence-corrected chi connectivity index (χ0v) is 10.2. The second-order valence-corrected chi connectivity index (χ2v) is 3.97. The Bertz CT molecular complexity index is 265. The van der Waals surface area contributed by atoms with Crippen LogP contribution in [0.15, 0.2) is 0 Å². The van der Waals surface area contributed by atoms with Gasteiger partial charge in [0.1, 0.15) is 0 Å². The summed E-state index contributed by atoms with van der Waals surface area (Å²) in [6.45, 7) is 2.11. The number of nitrogens with two attached hydrogens (primary N) is 2. The van der Waals surface area contributed by atoms with Crippen LogP contribution >= 0.6 is 0 Å². The van der Waals surface area contributed by atoms with Gasteiger partial charge in [-0.1, -0.05) is 32.6 Å². The second-order valence-electron chi connectivity index (χ2n) is 3.97. The number of amides is 3. The Morgan fingerprint density at radius 3 is 2.00 bits per heavy atom. The molecular formula is C11H21N3O3. The minimum absolute atomic E-state index is 0.279. The van der Waals surface area contributed by atoms with Gasteiger partial charge in [-0.2, -0.15) is 0 Å². The first-order valence-corrected chi connectivity index (χ1v) is 5.87. The van der Waals surface area contributed by atoms with Gasteiger partial charge < -0.3 is 16.8 Å². The molecule has 0 fully saturated rings. The summed E-state index contributed by atoms with van der Waals surface area (Å²) in [7, 11) is 0. The highest BCUT2D eigenvalue weighted by Crippen LogP contribution is 2.04. The van der Waals surface area contributed by atoms with Crippen molar-refractivity contribution in [3.05, 3.63) is 0 Å². The van der Waals surface area contributed by atoms with E-state index >= 15 is 0 Å². The predicted octanol–water partition coefficient (Wildman–Crippen LogP) is -0.198. The molecular weight excluding hydrogens is 222 g/mol. The Kier molecular flexibility index (Phi) is 7.75. The summed E-state index contributed by atoms with van der Waals surface area (Å²) in [4.78, 5) is 33.0. The molecule has 0 aliphatic heterocycles. The van der Waals surface area contributed by atoms with Crippen LogP contribution in [0.5, 0.6) is 0 Å². The topological polar surface area (TPSA) is 115 Å². The zero-order chi connectivity index (χ0) is 13.3. The average Bonchev–Trinajstić information content (AvgIpc) is 2.24. The lowest BCUT2D eigenvalue weighted by molar-refractivity contribution is -0.134. The lowest BCUT2D eigenvalue weighted by Gasteiger charge is -2.11. The summed E-state index contributed by atoms with van der Waals surface area (Å²) in [5, 5.41) is 2.22. The van der Waals surface area contributed by atoms with E-state index < -0.39 is 17.9 Å². The summed E-state index contributed by atoms with van der Waals surface area (Å²) in [5.41, 5.74) is 9.85. The lowest BCUT2D eigenvalue weighted by Crippen LogP contribution is -2.52. The van der Waals surface area contributed by atoms with Gasteiger partial charge in [0.25, 0.3) is 0 Å². The molecule has 0 spiro atoms. The molecule has 98 valence electrons. The number of hydrogen-bond acceptors (Lipinski definition) is 3. The number of rotatable bonds is 9. The Labute approximate surface area is 101 Å². The number of nitrogens with one attached hydrogen (secondary N) is 1. The minimum Gasteiger partial charge on any atom is -0.367 e. The van der Waals surface area contributed by atoms with E-state index in [4.69, 9.17) is 11.5 Å². The summed E-state index contributed by atoms with van der Waals surface area (Å²) >= 11 is 0. The van der Waals surface area contributed by atoms with Crippen molar-refractivity contribution >= 4 is 17.7 Å². The van der Waals surface area contributed by atoms with Crippen LogP contribution in [0.4, 0.5) is 0 Å². The third kappa shape index (κ3) is 7.32. The summed E-state index contributed by atoms with van der Waals surface area (Å²) in [6, 6.07) is -1.40. The van der Waals surface area contributed by atoms with Gasteiger partial charge in [0, 0.05) is 6.42 Å². The van der Waals surface area contributed by atoms with E-state index in [0.29, 0.717) is 0 Å². The monoisotopic (exact) mass is 243 g/mol. The van der Waals surface area contributed by atoms with Crippen molar-refractivity contribution < 1.29 is 14.4 Å². The number of carbonyl (C=O) groups is 3. The molecule has 0 aromatic carbocycles. The molecule has 0 atom stereocenters. The van der Waals surface area contributed by atoms with Crippen molar-refractivity contribution in [2.45, 2.75) is 51.5 Å². The maximum Gasteiger partial charge on any atom is 0.249 e. The van der Waals surface area contributed by atoms with E-state index in [1.807, 2.05) is 0 Å². The van der Waals surface area contributed by atoms with Gasteiger partial charge in [0.2, 0.25) is 17.7 Å². The van der Waals surface area contributed by atoms with Gasteiger partial charge in [-0.3, -0.25) is 14.4 Å². The van der Waals surface area contributed by atoms with Crippen LogP contribution in [-0.4, -0.2) is 23.8 Å². The fraction of sp³-hybridized carbons (Fsp3) is 0.727. The number of carbonyl (C=O) groups excluding carboxylic acids is 3. The second kappa shape index (κ2) is 8.55. The van der Waals surface area contributed by atoms with E-state index in [2.05, 4.69) is 12.2 Å². The first kappa shape index (κ1) is 15.4. The first-order chi connectivity index (χ1) is 7.99. The first-order valence-electron chi connectivity index (χ1n) is 5.87. The molecule has 0 aliphatic rings. The van der Waals surface area contributed by atoms with Gasteiger partial charge in [-0.15, -0.1) is 0 Å². The van der Waals surface area contributed by atoms with Crippen molar-refractivity contribution in [2.24, 2.45) is 11.5 Å².